The molecule has 2 amide bonds. The van der Waals surface area contributed by atoms with Crippen LogP contribution in [0.25, 0.3) is 22.2 Å². The van der Waals surface area contributed by atoms with Gasteiger partial charge in [0, 0.05) is 28.3 Å². The van der Waals surface area contributed by atoms with Crippen LogP contribution in [0.4, 0.5) is 29.2 Å². The Labute approximate surface area is 269 Å². The van der Waals surface area contributed by atoms with Gasteiger partial charge in [-0.2, -0.15) is 18.3 Å². The highest BCUT2D eigenvalue weighted by atomic mass is 19.4. The van der Waals surface area contributed by atoms with Gasteiger partial charge in [-0.25, -0.2) is 14.4 Å². The van der Waals surface area contributed by atoms with Crippen molar-refractivity contribution in [2.75, 3.05) is 18.5 Å². The van der Waals surface area contributed by atoms with Gasteiger partial charge in [-0.15, -0.1) is 5.10 Å². The number of ether oxygens (including phenoxy) is 1. The maximum atomic E-state index is 14.8. The molecule has 0 bridgehead atoms. The molecule has 0 saturated heterocycles. The minimum atomic E-state index is -5.39. The number of aliphatic hydroxyl groups is 1. The average Bonchev–Trinajstić information content (AvgIpc) is 3.40. The zero-order chi connectivity index (χ0) is 34.4. The molecule has 246 valence electrons. The number of aromatic nitrogens is 5. The van der Waals surface area contributed by atoms with Crippen molar-refractivity contribution in [2.45, 2.75) is 31.0 Å². The molecule has 0 fully saturated rings. The lowest BCUT2D eigenvalue weighted by molar-refractivity contribution is -0.265. The number of hydrogen-bond donors (Lipinski definition) is 4. The van der Waals surface area contributed by atoms with Crippen LogP contribution in [0.5, 0.6) is 5.75 Å². The highest BCUT2D eigenvalue weighted by Gasteiger charge is 2.57. The molecule has 1 unspecified atom stereocenters. The molecule has 16 heteroatoms. The number of carbonyl (C=O) groups excluding carboxylic acids is 2. The molecule has 3 aromatic heterocycles. The SMILES string of the molecule is Cc1cnc2c(Nc3nccnn3)cc(C(=O)NCC(O)(c3cc4c(c(-c5ccc(F)cc5)n3)OC[C@]4(C)C(N)=O)C(F)(F)F)cc2c1. The Bertz CT molecular complexity index is 2060. The Hall–Kier alpha value is -5.77. The Morgan fingerprint density at radius 3 is 2.50 bits per heavy atom. The fourth-order valence-electron chi connectivity index (χ4n) is 5.26. The van der Waals surface area contributed by atoms with E-state index < -0.39 is 47.1 Å². The zero-order valence-corrected chi connectivity index (χ0v) is 25.3. The summed E-state index contributed by atoms with van der Waals surface area (Å²) in [5, 5.41) is 24.5. The summed E-state index contributed by atoms with van der Waals surface area (Å²) >= 11 is 0. The second-order valence-electron chi connectivity index (χ2n) is 11.5. The van der Waals surface area contributed by atoms with E-state index in [0.717, 1.165) is 23.8 Å². The van der Waals surface area contributed by atoms with Crippen LogP contribution in [0.15, 0.2) is 67.1 Å². The van der Waals surface area contributed by atoms with Gasteiger partial charge in [0.2, 0.25) is 17.5 Å². The second-order valence-corrected chi connectivity index (χ2v) is 11.5. The molecule has 1 aliphatic rings. The Morgan fingerprint density at radius 2 is 1.83 bits per heavy atom. The molecule has 0 spiro atoms. The van der Waals surface area contributed by atoms with Crippen molar-refractivity contribution in [1.29, 1.82) is 0 Å². The number of benzene rings is 2. The number of aryl methyl sites for hydroxylation is 1. The van der Waals surface area contributed by atoms with E-state index in [2.05, 4.69) is 35.8 Å². The Kier molecular flexibility index (Phi) is 7.91. The molecule has 12 nitrogen and oxygen atoms in total. The number of fused-ring (bicyclic) bond motifs is 2. The smallest absolute Gasteiger partial charge is 0.424 e. The average molecular weight is 663 g/mol. The van der Waals surface area contributed by atoms with Crippen molar-refractivity contribution < 1.29 is 37.0 Å². The molecule has 1 aliphatic heterocycles. The molecule has 5 N–H and O–H groups in total. The molecular weight excluding hydrogens is 636 g/mol. The molecule has 2 atom stereocenters. The fraction of sp³-hybridized carbons (Fsp3) is 0.219. The second kappa shape index (κ2) is 11.8. The van der Waals surface area contributed by atoms with Crippen LogP contribution in [0.3, 0.4) is 0 Å². The molecule has 5 aromatic rings. The topological polar surface area (TPSA) is 178 Å². The van der Waals surface area contributed by atoms with Crippen LogP contribution < -0.4 is 21.1 Å². The van der Waals surface area contributed by atoms with Crippen molar-refractivity contribution in [2.24, 2.45) is 5.73 Å². The number of nitrogens with zero attached hydrogens (tertiary/aromatic N) is 5. The summed E-state index contributed by atoms with van der Waals surface area (Å²) in [6.07, 6.45) is -1.05. The van der Waals surface area contributed by atoms with E-state index >= 15 is 0 Å². The summed E-state index contributed by atoms with van der Waals surface area (Å²) in [5.74, 6) is -2.44. The third kappa shape index (κ3) is 5.70. The van der Waals surface area contributed by atoms with Gasteiger partial charge >= 0.3 is 6.18 Å². The monoisotopic (exact) mass is 662 g/mol. The lowest BCUT2D eigenvalue weighted by Crippen LogP contribution is -2.51. The van der Waals surface area contributed by atoms with Crippen molar-refractivity contribution >= 4 is 34.4 Å². The largest absolute Gasteiger partial charge is 0.489 e. The normalized spacial score (nSPS) is 16.9. The maximum absolute atomic E-state index is 14.8. The van der Waals surface area contributed by atoms with Crippen LogP contribution in [0.2, 0.25) is 0 Å². The van der Waals surface area contributed by atoms with Crippen molar-refractivity contribution in [3.8, 4) is 17.0 Å². The van der Waals surface area contributed by atoms with Crippen molar-refractivity contribution in [3.63, 3.8) is 0 Å². The van der Waals surface area contributed by atoms with Crippen LogP contribution in [0.1, 0.15) is 34.1 Å². The lowest BCUT2D eigenvalue weighted by atomic mass is 9.81. The van der Waals surface area contributed by atoms with Gasteiger partial charge in [0.1, 0.15) is 29.3 Å². The lowest BCUT2D eigenvalue weighted by Gasteiger charge is -2.31. The Morgan fingerprint density at radius 1 is 1.08 bits per heavy atom. The summed E-state index contributed by atoms with van der Waals surface area (Å²) in [4.78, 5) is 38.5. The molecular formula is C32H26F4N8O4. The van der Waals surface area contributed by atoms with Crippen LogP contribution >= 0.6 is 0 Å². The number of hydrogen-bond acceptors (Lipinski definition) is 10. The van der Waals surface area contributed by atoms with E-state index in [1.165, 1.54) is 43.6 Å². The minimum absolute atomic E-state index is 0.0436. The number of rotatable bonds is 8. The summed E-state index contributed by atoms with van der Waals surface area (Å²) in [6.45, 7) is 1.47. The predicted octanol–water partition coefficient (Wildman–Crippen LogP) is 3.99. The van der Waals surface area contributed by atoms with Gasteiger partial charge in [-0.3, -0.25) is 14.6 Å². The highest BCUT2D eigenvalue weighted by Crippen LogP contribution is 2.47. The minimum Gasteiger partial charge on any atom is -0.489 e. The van der Waals surface area contributed by atoms with Gasteiger partial charge in [0.25, 0.3) is 5.91 Å². The third-order valence-electron chi connectivity index (χ3n) is 8.04. The number of carbonyl (C=O) groups is 2. The fourth-order valence-corrected chi connectivity index (χ4v) is 5.26. The van der Waals surface area contributed by atoms with Gasteiger partial charge in [0.05, 0.1) is 35.8 Å². The summed E-state index contributed by atoms with van der Waals surface area (Å²) in [7, 11) is 0. The first-order valence-electron chi connectivity index (χ1n) is 14.3. The summed E-state index contributed by atoms with van der Waals surface area (Å²) < 4.78 is 63.9. The number of primary amides is 1. The van der Waals surface area contributed by atoms with E-state index in [4.69, 9.17) is 10.5 Å². The first-order chi connectivity index (χ1) is 22.7. The zero-order valence-electron chi connectivity index (χ0n) is 25.3. The number of pyridine rings is 2. The maximum Gasteiger partial charge on any atom is 0.424 e. The number of alkyl halides is 3. The molecule has 2 aromatic carbocycles. The number of nitrogens with one attached hydrogen (secondary N) is 2. The van der Waals surface area contributed by atoms with Gasteiger partial charge < -0.3 is 26.2 Å². The first-order valence-corrected chi connectivity index (χ1v) is 14.3. The van der Waals surface area contributed by atoms with Crippen molar-refractivity contribution in [1.82, 2.24) is 30.5 Å². The summed E-state index contributed by atoms with van der Waals surface area (Å²) in [5.41, 5.74) is 0.593. The van der Waals surface area contributed by atoms with Crippen LogP contribution in [0, 0.1) is 12.7 Å². The van der Waals surface area contributed by atoms with E-state index in [-0.39, 0.29) is 46.4 Å². The van der Waals surface area contributed by atoms with E-state index in [1.54, 1.807) is 19.2 Å². The molecule has 0 saturated carbocycles. The van der Waals surface area contributed by atoms with Crippen molar-refractivity contribution in [3.05, 3.63) is 95.3 Å². The first kappa shape index (κ1) is 32.2. The number of halogens is 4. The standard InChI is InChI=1S/C32H26F4N8O4/c1-16-9-18-10-19(11-22(24(18)39-13-16)42-29-38-7-8-41-44-29)27(45)40-14-31(47,32(34,35)36)23-12-21-26(48-15-30(21,2)28(37)46)25(43-23)17-3-5-20(33)6-4-17/h3-13,47H,14-15H2,1-2H3,(H2,37,46)(H,40,45)(H,38,42,44)/t30-,31?/m0/s1. The molecule has 48 heavy (non-hydrogen) atoms. The Balaban J connectivity index is 1.41. The van der Waals surface area contributed by atoms with E-state index in [0.29, 0.717) is 10.9 Å². The van der Waals surface area contributed by atoms with Gasteiger partial charge in [-0.05, 0) is 67.9 Å². The predicted molar refractivity (Wildman–Crippen MR) is 164 cm³/mol. The number of anilines is 2. The molecule has 4 heterocycles. The van der Waals surface area contributed by atoms with E-state index in [9.17, 15) is 32.3 Å². The van der Waals surface area contributed by atoms with Crippen LogP contribution in [-0.2, 0) is 15.8 Å². The van der Waals surface area contributed by atoms with Gasteiger partial charge in [0.15, 0.2) is 0 Å². The van der Waals surface area contributed by atoms with Crippen LogP contribution in [-0.4, -0.2) is 61.4 Å². The highest BCUT2D eigenvalue weighted by molar-refractivity contribution is 6.02. The molecule has 0 aliphatic carbocycles. The van der Waals surface area contributed by atoms with Gasteiger partial charge in [-0.1, -0.05) is 0 Å². The summed E-state index contributed by atoms with van der Waals surface area (Å²) in [6, 6.07) is 10.1. The van der Waals surface area contributed by atoms with E-state index in [1.807, 2.05) is 0 Å². The molecule has 0 radical (unpaired) electrons. The number of nitrogens with two attached hydrogens (primary N) is 1. The quantitative estimate of drug-likeness (QED) is 0.178. The number of amides is 2. The molecule has 6 rings (SSSR count). The third-order valence-corrected chi connectivity index (χ3v) is 8.04.